The fourth-order valence-corrected chi connectivity index (χ4v) is 2.78. The van der Waals surface area contributed by atoms with Gasteiger partial charge in [0, 0.05) is 11.0 Å². The van der Waals surface area contributed by atoms with E-state index >= 15 is 0 Å². The van der Waals surface area contributed by atoms with Crippen LogP contribution < -0.4 is 10.2 Å². The van der Waals surface area contributed by atoms with E-state index in [1.807, 2.05) is 0 Å². The fraction of sp³-hybridized carbons (Fsp3) is 0.364. The minimum Gasteiger partial charge on any atom is -0.309 e. The van der Waals surface area contributed by atoms with Crippen molar-refractivity contribution in [2.24, 2.45) is 0 Å². The van der Waals surface area contributed by atoms with Gasteiger partial charge in [-0.1, -0.05) is 23.2 Å². The highest BCUT2D eigenvalue weighted by atomic mass is 79.9. The number of rotatable bonds is 2. The van der Waals surface area contributed by atoms with Gasteiger partial charge in [-0.3, -0.25) is 4.79 Å². The number of nitrogens with one attached hydrogen (secondary N) is 1. The Bertz CT molecular complexity index is 467. The maximum atomic E-state index is 12.0. The molecule has 17 heavy (non-hydrogen) atoms. The van der Waals surface area contributed by atoms with Crippen LogP contribution in [0.4, 0.5) is 5.69 Å². The second-order valence-electron chi connectivity index (χ2n) is 3.81. The zero-order valence-electron chi connectivity index (χ0n) is 9.14. The van der Waals surface area contributed by atoms with Crippen LogP contribution in [0, 0.1) is 0 Å². The Morgan fingerprint density at radius 3 is 2.71 bits per heavy atom. The third kappa shape index (κ3) is 2.32. The number of nitrogens with zero attached hydrogens (tertiary/aromatic N) is 1. The molecule has 1 unspecified atom stereocenters. The highest BCUT2D eigenvalue weighted by Crippen LogP contribution is 2.38. The lowest BCUT2D eigenvalue weighted by Gasteiger charge is -2.19. The zero-order valence-corrected chi connectivity index (χ0v) is 12.2. The van der Waals surface area contributed by atoms with Crippen molar-refractivity contribution in [2.45, 2.75) is 12.5 Å². The summed E-state index contributed by atoms with van der Waals surface area (Å²) in [6.45, 7) is 0.655. The molecule has 92 valence electrons. The molecule has 1 saturated heterocycles. The second-order valence-corrected chi connectivity index (χ2v) is 5.42. The largest absolute Gasteiger partial charge is 0.309 e. The Labute approximate surface area is 118 Å². The number of likely N-dealkylation sites (N-methyl/N-ethyl adjacent to an activating group) is 1. The first kappa shape index (κ1) is 13.1. The summed E-state index contributed by atoms with van der Waals surface area (Å²) >= 11 is 15.5. The van der Waals surface area contributed by atoms with Crippen LogP contribution in [0.1, 0.15) is 6.42 Å². The number of carbonyl (C=O) groups is 1. The zero-order chi connectivity index (χ0) is 12.6. The van der Waals surface area contributed by atoms with Gasteiger partial charge in [0.1, 0.15) is 0 Å². The number of hydrogen-bond donors (Lipinski definition) is 1. The van der Waals surface area contributed by atoms with Gasteiger partial charge >= 0.3 is 0 Å². The first-order chi connectivity index (χ1) is 8.06. The molecule has 1 atom stereocenters. The molecule has 1 N–H and O–H groups in total. The topological polar surface area (TPSA) is 32.3 Å². The molecule has 1 amide bonds. The van der Waals surface area contributed by atoms with Gasteiger partial charge in [0.05, 0.1) is 21.8 Å². The predicted octanol–water partition coefficient (Wildman–Crippen LogP) is 3.08. The third-order valence-electron chi connectivity index (χ3n) is 2.86. The molecule has 6 heteroatoms. The number of halogens is 3. The minimum atomic E-state index is -0.131. The molecule has 2 rings (SSSR count). The molecule has 3 nitrogen and oxygen atoms in total. The van der Waals surface area contributed by atoms with Crippen LogP contribution in [0.25, 0.3) is 0 Å². The van der Waals surface area contributed by atoms with Gasteiger partial charge in [-0.15, -0.1) is 0 Å². The Kier molecular flexibility index (Phi) is 3.98. The highest BCUT2D eigenvalue weighted by Gasteiger charge is 2.32. The molecule has 1 aliphatic heterocycles. The first-order valence-corrected chi connectivity index (χ1v) is 6.73. The van der Waals surface area contributed by atoms with Crippen molar-refractivity contribution in [1.82, 2.24) is 5.32 Å². The van der Waals surface area contributed by atoms with Gasteiger partial charge in [0.25, 0.3) is 0 Å². The summed E-state index contributed by atoms with van der Waals surface area (Å²) in [5.41, 5.74) is 0.669. The molecular weight excluding hydrogens is 327 g/mol. The van der Waals surface area contributed by atoms with E-state index in [0.717, 1.165) is 10.9 Å². The van der Waals surface area contributed by atoms with Gasteiger partial charge in [0.15, 0.2) is 0 Å². The van der Waals surface area contributed by atoms with E-state index in [1.165, 1.54) is 0 Å². The third-order valence-corrected chi connectivity index (χ3v) is 4.62. The lowest BCUT2D eigenvalue weighted by atomic mass is 10.2. The summed E-state index contributed by atoms with van der Waals surface area (Å²) in [5, 5.41) is 3.83. The molecule has 0 saturated carbocycles. The predicted molar refractivity (Wildman–Crippen MR) is 74.0 cm³/mol. The van der Waals surface area contributed by atoms with E-state index in [1.54, 1.807) is 24.1 Å². The van der Waals surface area contributed by atoms with Gasteiger partial charge in [-0.05, 0) is 41.5 Å². The van der Waals surface area contributed by atoms with E-state index < -0.39 is 0 Å². The average molecular weight is 338 g/mol. The van der Waals surface area contributed by atoms with E-state index in [2.05, 4.69) is 21.2 Å². The monoisotopic (exact) mass is 336 g/mol. The molecule has 1 aromatic rings. The fourth-order valence-electron chi connectivity index (χ4n) is 1.91. The minimum absolute atomic E-state index is 0.0350. The summed E-state index contributed by atoms with van der Waals surface area (Å²) < 4.78 is 0.727. The van der Waals surface area contributed by atoms with E-state index in [4.69, 9.17) is 23.2 Å². The van der Waals surface area contributed by atoms with Gasteiger partial charge in [0.2, 0.25) is 5.91 Å². The lowest BCUT2D eigenvalue weighted by Crippen LogP contribution is -2.36. The lowest BCUT2D eigenvalue weighted by molar-refractivity contribution is -0.118. The van der Waals surface area contributed by atoms with Crippen LogP contribution in [0.5, 0.6) is 0 Å². The Hall–Kier alpha value is -0.290. The van der Waals surface area contributed by atoms with Crippen molar-refractivity contribution in [3.05, 3.63) is 26.7 Å². The number of amides is 1. The molecule has 0 aromatic heterocycles. The SMILES string of the molecule is CNC1CCN(c2ccc(Br)c(Cl)c2Cl)C1=O. The second kappa shape index (κ2) is 5.14. The van der Waals surface area contributed by atoms with Gasteiger partial charge in [-0.2, -0.15) is 0 Å². The van der Waals surface area contributed by atoms with Crippen molar-refractivity contribution in [1.29, 1.82) is 0 Å². The maximum Gasteiger partial charge on any atom is 0.244 e. The van der Waals surface area contributed by atoms with Crippen LogP contribution in [-0.2, 0) is 4.79 Å². The van der Waals surface area contributed by atoms with Crippen molar-refractivity contribution < 1.29 is 4.79 Å². The van der Waals surface area contributed by atoms with Crippen LogP contribution in [-0.4, -0.2) is 25.5 Å². The van der Waals surface area contributed by atoms with E-state index in [-0.39, 0.29) is 11.9 Å². The Balaban J connectivity index is 2.36. The van der Waals surface area contributed by atoms with Gasteiger partial charge in [-0.25, -0.2) is 0 Å². The Morgan fingerprint density at radius 2 is 2.12 bits per heavy atom. The summed E-state index contributed by atoms with van der Waals surface area (Å²) in [5.74, 6) is 0.0350. The normalized spacial score (nSPS) is 20.1. The highest BCUT2D eigenvalue weighted by molar-refractivity contribution is 9.10. The molecular formula is C11H11BrCl2N2O. The maximum absolute atomic E-state index is 12.0. The molecule has 1 heterocycles. The van der Waals surface area contributed by atoms with Crippen LogP contribution >= 0.6 is 39.1 Å². The molecule has 0 radical (unpaired) electrons. The number of carbonyl (C=O) groups excluding carboxylic acids is 1. The molecule has 1 fully saturated rings. The van der Waals surface area contributed by atoms with Crippen molar-refractivity contribution >= 4 is 50.7 Å². The summed E-state index contributed by atoms with van der Waals surface area (Å²) in [4.78, 5) is 13.7. The number of hydrogen-bond acceptors (Lipinski definition) is 2. The summed E-state index contributed by atoms with van der Waals surface area (Å²) in [7, 11) is 1.78. The summed E-state index contributed by atoms with van der Waals surface area (Å²) in [6.07, 6.45) is 0.777. The van der Waals surface area contributed by atoms with Crippen molar-refractivity contribution in [2.75, 3.05) is 18.5 Å². The smallest absolute Gasteiger partial charge is 0.244 e. The molecule has 1 aromatic carbocycles. The van der Waals surface area contributed by atoms with Crippen LogP contribution in [0.2, 0.25) is 10.0 Å². The van der Waals surface area contributed by atoms with Crippen molar-refractivity contribution in [3.63, 3.8) is 0 Å². The average Bonchev–Trinajstić information content (AvgIpc) is 2.68. The number of anilines is 1. The Morgan fingerprint density at radius 1 is 1.41 bits per heavy atom. The quantitative estimate of drug-likeness (QED) is 0.841. The molecule has 1 aliphatic rings. The van der Waals surface area contributed by atoms with Crippen LogP contribution in [0.3, 0.4) is 0 Å². The summed E-state index contributed by atoms with van der Waals surface area (Å²) in [6, 6.07) is 3.46. The van der Waals surface area contributed by atoms with E-state index in [0.29, 0.717) is 22.3 Å². The van der Waals surface area contributed by atoms with E-state index in [9.17, 15) is 4.79 Å². The molecule has 0 bridgehead atoms. The van der Waals surface area contributed by atoms with Crippen molar-refractivity contribution in [3.8, 4) is 0 Å². The van der Waals surface area contributed by atoms with Gasteiger partial charge < -0.3 is 10.2 Å². The molecule has 0 aliphatic carbocycles. The first-order valence-electron chi connectivity index (χ1n) is 5.18. The van der Waals surface area contributed by atoms with Crippen LogP contribution in [0.15, 0.2) is 16.6 Å². The molecule has 0 spiro atoms. The standard InChI is InChI=1S/C11H11BrCl2N2O/c1-15-7-4-5-16(11(7)17)8-3-2-6(12)9(13)10(8)14/h2-3,7,15H,4-5H2,1H3. The number of benzene rings is 1.